The van der Waals surface area contributed by atoms with Crippen molar-refractivity contribution in [2.75, 3.05) is 0 Å². The largest absolute Gasteiger partial charge is 0.352 e. The van der Waals surface area contributed by atoms with Crippen LogP contribution in [0.4, 0.5) is 0 Å². The fraction of sp³-hybridized carbons (Fsp3) is 0.333. The molecule has 1 amide bonds. The zero-order valence-electron chi connectivity index (χ0n) is 11.3. The molecule has 4 heteroatoms. The third kappa shape index (κ3) is 4.48. The lowest BCUT2D eigenvalue weighted by molar-refractivity contribution is -0.121. The molecule has 0 aliphatic rings. The van der Waals surface area contributed by atoms with Crippen molar-refractivity contribution in [2.24, 2.45) is 0 Å². The van der Waals surface area contributed by atoms with E-state index in [-0.39, 0.29) is 5.91 Å². The minimum atomic E-state index is 0.0772. The van der Waals surface area contributed by atoms with Crippen molar-refractivity contribution in [3.63, 3.8) is 0 Å². The van der Waals surface area contributed by atoms with Crippen molar-refractivity contribution >= 4 is 17.2 Å². The van der Waals surface area contributed by atoms with Gasteiger partial charge in [-0.3, -0.25) is 4.79 Å². The lowest BCUT2D eigenvalue weighted by atomic mass is 10.1. The number of aryl methyl sites for hydroxylation is 3. The first kappa shape index (κ1) is 13.7. The van der Waals surface area contributed by atoms with E-state index >= 15 is 0 Å². The summed E-state index contributed by atoms with van der Waals surface area (Å²) in [4.78, 5) is 16.1. The number of carbonyl (C=O) groups is 1. The highest BCUT2D eigenvalue weighted by Crippen LogP contribution is 2.10. The summed E-state index contributed by atoms with van der Waals surface area (Å²) in [5.74, 6) is 0.0772. The van der Waals surface area contributed by atoms with Crippen LogP contribution in [0.2, 0.25) is 0 Å². The van der Waals surface area contributed by atoms with Gasteiger partial charge in [-0.15, -0.1) is 11.3 Å². The van der Waals surface area contributed by atoms with Gasteiger partial charge in [-0.25, -0.2) is 4.98 Å². The van der Waals surface area contributed by atoms with E-state index in [1.807, 2.05) is 24.4 Å². The highest BCUT2D eigenvalue weighted by molar-refractivity contribution is 7.09. The van der Waals surface area contributed by atoms with Gasteiger partial charge in [-0.2, -0.15) is 0 Å². The molecule has 1 aromatic heterocycles. The maximum atomic E-state index is 11.7. The highest BCUT2D eigenvalue weighted by Gasteiger charge is 2.04. The molecule has 1 N–H and O–H groups in total. The molecule has 1 heterocycles. The third-order valence-corrected chi connectivity index (χ3v) is 3.87. The van der Waals surface area contributed by atoms with E-state index in [2.05, 4.69) is 29.4 Å². The van der Waals surface area contributed by atoms with Crippen LogP contribution in [0.3, 0.4) is 0 Å². The average molecular weight is 274 g/mol. The Hall–Kier alpha value is -1.68. The predicted octanol–water partition coefficient (Wildman–Crippen LogP) is 3.01. The van der Waals surface area contributed by atoms with Gasteiger partial charge in [0.2, 0.25) is 5.91 Å². The molecule has 0 unspecified atom stereocenters. The Labute approximate surface area is 117 Å². The van der Waals surface area contributed by atoms with E-state index in [0.29, 0.717) is 13.0 Å². The molecule has 0 atom stereocenters. The van der Waals surface area contributed by atoms with Gasteiger partial charge < -0.3 is 5.32 Å². The van der Waals surface area contributed by atoms with Gasteiger partial charge in [0.15, 0.2) is 0 Å². The number of amides is 1. The van der Waals surface area contributed by atoms with Crippen LogP contribution in [0.15, 0.2) is 29.6 Å². The monoisotopic (exact) mass is 274 g/mol. The van der Waals surface area contributed by atoms with Crippen molar-refractivity contribution in [3.05, 3.63) is 51.5 Å². The summed E-state index contributed by atoms with van der Waals surface area (Å²) < 4.78 is 0. The second kappa shape index (κ2) is 6.48. The second-order valence-corrected chi connectivity index (χ2v) is 5.59. The van der Waals surface area contributed by atoms with Crippen molar-refractivity contribution < 1.29 is 4.79 Å². The summed E-state index contributed by atoms with van der Waals surface area (Å²) in [6, 6.07) is 8.19. The molecule has 0 bridgehead atoms. The predicted molar refractivity (Wildman–Crippen MR) is 78.2 cm³/mol. The van der Waals surface area contributed by atoms with Crippen LogP contribution in [-0.4, -0.2) is 10.9 Å². The molecule has 2 rings (SSSR count). The molecule has 19 heavy (non-hydrogen) atoms. The lowest BCUT2D eigenvalue weighted by Gasteiger charge is -2.05. The van der Waals surface area contributed by atoms with Crippen LogP contribution in [0.25, 0.3) is 0 Å². The van der Waals surface area contributed by atoms with E-state index in [1.54, 1.807) is 11.3 Å². The van der Waals surface area contributed by atoms with Gasteiger partial charge in [0.25, 0.3) is 0 Å². The molecule has 0 aliphatic carbocycles. The number of thiazole rings is 1. The first-order valence-electron chi connectivity index (χ1n) is 6.37. The Morgan fingerprint density at radius 1 is 1.26 bits per heavy atom. The molecule has 0 fully saturated rings. The number of benzene rings is 1. The summed E-state index contributed by atoms with van der Waals surface area (Å²) in [6.45, 7) is 4.62. The molecule has 100 valence electrons. The summed E-state index contributed by atoms with van der Waals surface area (Å²) >= 11 is 1.62. The van der Waals surface area contributed by atoms with Crippen LogP contribution in [-0.2, 0) is 17.8 Å². The van der Waals surface area contributed by atoms with E-state index < -0.39 is 0 Å². The Kier molecular flexibility index (Phi) is 4.68. The van der Waals surface area contributed by atoms with Gasteiger partial charge in [0.1, 0.15) is 0 Å². The minimum absolute atomic E-state index is 0.0772. The number of hydrogen-bond acceptors (Lipinski definition) is 3. The summed E-state index contributed by atoms with van der Waals surface area (Å²) in [6.07, 6.45) is 1.22. The van der Waals surface area contributed by atoms with Crippen LogP contribution >= 0.6 is 11.3 Å². The maximum Gasteiger partial charge on any atom is 0.220 e. The van der Waals surface area contributed by atoms with Crippen LogP contribution in [0, 0.1) is 13.8 Å². The molecule has 2 aromatic rings. The van der Waals surface area contributed by atoms with Crippen molar-refractivity contribution in [2.45, 2.75) is 33.2 Å². The van der Waals surface area contributed by atoms with Crippen LogP contribution in [0.5, 0.6) is 0 Å². The van der Waals surface area contributed by atoms with E-state index in [1.165, 1.54) is 5.56 Å². The molecular formula is C15H18N2OS. The fourth-order valence-electron chi connectivity index (χ4n) is 1.73. The van der Waals surface area contributed by atoms with E-state index in [9.17, 15) is 4.79 Å². The first-order chi connectivity index (χ1) is 9.13. The smallest absolute Gasteiger partial charge is 0.220 e. The molecule has 0 spiro atoms. The average Bonchev–Trinajstić information content (AvgIpc) is 2.81. The van der Waals surface area contributed by atoms with Gasteiger partial charge in [0.05, 0.1) is 5.01 Å². The normalized spacial score (nSPS) is 10.4. The number of nitrogens with zero attached hydrogens (tertiary/aromatic N) is 1. The Balaban J connectivity index is 1.74. The van der Waals surface area contributed by atoms with Crippen molar-refractivity contribution in [3.8, 4) is 0 Å². The zero-order chi connectivity index (χ0) is 13.7. The molecule has 0 saturated carbocycles. The standard InChI is InChI=1S/C15H18N2OS/c1-11-3-5-13(6-4-11)9-16-14(18)7-8-15-17-12(2)10-19-15/h3-6,10H,7-9H2,1-2H3,(H,16,18). The lowest BCUT2D eigenvalue weighted by Crippen LogP contribution is -2.22. The molecule has 0 aliphatic heterocycles. The van der Waals surface area contributed by atoms with Gasteiger partial charge in [0, 0.05) is 30.5 Å². The van der Waals surface area contributed by atoms with E-state index in [4.69, 9.17) is 0 Å². The summed E-state index contributed by atoms with van der Waals surface area (Å²) in [7, 11) is 0. The number of nitrogens with one attached hydrogen (secondary N) is 1. The van der Waals surface area contributed by atoms with Crippen LogP contribution in [0.1, 0.15) is 28.2 Å². The van der Waals surface area contributed by atoms with Crippen LogP contribution < -0.4 is 5.32 Å². The Bertz CT molecular complexity index is 546. The van der Waals surface area contributed by atoms with Gasteiger partial charge in [-0.1, -0.05) is 29.8 Å². The number of aromatic nitrogens is 1. The van der Waals surface area contributed by atoms with Gasteiger partial charge >= 0.3 is 0 Å². The maximum absolute atomic E-state index is 11.7. The number of carbonyl (C=O) groups excluding carboxylic acids is 1. The SMILES string of the molecule is Cc1ccc(CNC(=O)CCc2nc(C)cs2)cc1. The van der Waals surface area contributed by atoms with Gasteiger partial charge in [-0.05, 0) is 19.4 Å². The van der Waals surface area contributed by atoms with Crippen molar-refractivity contribution in [1.82, 2.24) is 10.3 Å². The Morgan fingerprint density at radius 3 is 2.63 bits per heavy atom. The molecule has 3 nitrogen and oxygen atoms in total. The quantitative estimate of drug-likeness (QED) is 0.910. The highest BCUT2D eigenvalue weighted by atomic mass is 32.1. The first-order valence-corrected chi connectivity index (χ1v) is 7.25. The molecular weight excluding hydrogens is 256 g/mol. The van der Waals surface area contributed by atoms with E-state index in [0.717, 1.165) is 22.7 Å². The Morgan fingerprint density at radius 2 is 2.00 bits per heavy atom. The van der Waals surface area contributed by atoms with Crippen molar-refractivity contribution in [1.29, 1.82) is 0 Å². The minimum Gasteiger partial charge on any atom is -0.352 e. The fourth-order valence-corrected chi connectivity index (χ4v) is 2.51. The molecule has 0 radical (unpaired) electrons. The number of rotatable bonds is 5. The topological polar surface area (TPSA) is 42.0 Å². The zero-order valence-corrected chi connectivity index (χ0v) is 12.1. The molecule has 0 saturated heterocycles. The number of hydrogen-bond donors (Lipinski definition) is 1. The summed E-state index contributed by atoms with van der Waals surface area (Å²) in [5.41, 5.74) is 3.39. The summed E-state index contributed by atoms with van der Waals surface area (Å²) in [5, 5.41) is 5.98. The second-order valence-electron chi connectivity index (χ2n) is 4.64. The third-order valence-electron chi connectivity index (χ3n) is 2.84. The molecule has 1 aromatic carbocycles.